The number of pyridine rings is 2. The molecule has 4 heterocycles. The Morgan fingerprint density at radius 1 is 0.484 bits per heavy atom. The van der Waals surface area contributed by atoms with E-state index >= 15 is 0 Å². The molecular weight excluding hydrogens is 447 g/mol. The van der Waals surface area contributed by atoms with Crippen LogP contribution in [0.2, 0.25) is 0 Å². The van der Waals surface area contributed by atoms with Gasteiger partial charge >= 0.3 is 186 Å². The summed E-state index contributed by atoms with van der Waals surface area (Å²) in [6.07, 6.45) is 4.18. The van der Waals surface area contributed by atoms with Crippen molar-refractivity contribution in [3.05, 3.63) is 109 Å². The Bertz CT molecular complexity index is 1390. The van der Waals surface area contributed by atoms with Crippen molar-refractivity contribution in [3.63, 3.8) is 0 Å². The summed E-state index contributed by atoms with van der Waals surface area (Å²) in [6.45, 7) is 0. The third-order valence-electron chi connectivity index (χ3n) is 5.29. The van der Waals surface area contributed by atoms with Gasteiger partial charge in [0.1, 0.15) is 0 Å². The summed E-state index contributed by atoms with van der Waals surface area (Å²) < 4.78 is 6.55. The van der Waals surface area contributed by atoms with E-state index in [2.05, 4.69) is 106 Å². The van der Waals surface area contributed by atoms with Gasteiger partial charge < -0.3 is 0 Å². The maximum atomic E-state index is 5.09. The van der Waals surface area contributed by atoms with Gasteiger partial charge in [-0.2, -0.15) is 0 Å². The molecule has 0 unspecified atom stereocenters. The van der Waals surface area contributed by atoms with Crippen LogP contribution in [0, 0.1) is 0 Å². The number of nitrogens with zero attached hydrogens (tertiary/aromatic N) is 4. The van der Waals surface area contributed by atoms with Gasteiger partial charge in [0, 0.05) is 0 Å². The normalized spacial score (nSPS) is 11.4. The van der Waals surface area contributed by atoms with Crippen LogP contribution < -0.4 is 9.18 Å². The molecule has 4 nitrogen and oxygen atoms in total. The van der Waals surface area contributed by atoms with E-state index in [0.717, 1.165) is 43.0 Å². The quantitative estimate of drug-likeness (QED) is 0.370. The van der Waals surface area contributed by atoms with E-state index in [4.69, 9.17) is 9.97 Å². The van der Waals surface area contributed by atoms with Gasteiger partial charge in [-0.05, 0) is 0 Å². The molecule has 0 N–H and O–H groups in total. The molecule has 5 heteroatoms. The van der Waals surface area contributed by atoms with Gasteiger partial charge in [-0.25, -0.2) is 0 Å². The molecule has 0 saturated carbocycles. The first kappa shape index (κ1) is 18.1. The number of rotatable bonds is 4. The SMILES string of the molecule is c1ccc(-c2nc([Se]c3nc(-c4ccccc4)n4ccccc34)c3ccccn23)cc1. The maximum absolute atomic E-state index is 5.09. The van der Waals surface area contributed by atoms with Gasteiger partial charge in [-0.15, -0.1) is 0 Å². The second-order valence-corrected chi connectivity index (χ2v) is 9.28. The van der Waals surface area contributed by atoms with Crippen LogP contribution in [0.25, 0.3) is 33.8 Å². The molecule has 0 aliphatic heterocycles. The van der Waals surface area contributed by atoms with Crippen LogP contribution in [0.4, 0.5) is 0 Å². The van der Waals surface area contributed by atoms with Crippen LogP contribution in [-0.2, 0) is 0 Å². The first-order valence-electron chi connectivity index (χ1n) is 10.1. The Morgan fingerprint density at radius 3 is 1.35 bits per heavy atom. The monoisotopic (exact) mass is 466 g/mol. The molecule has 0 atom stereocenters. The summed E-state index contributed by atoms with van der Waals surface area (Å²) in [5.41, 5.74) is 4.51. The van der Waals surface area contributed by atoms with Crippen molar-refractivity contribution in [2.24, 2.45) is 0 Å². The number of imidazole rings is 2. The number of fused-ring (bicyclic) bond motifs is 2. The topological polar surface area (TPSA) is 34.6 Å². The van der Waals surface area contributed by atoms with Gasteiger partial charge in [0.15, 0.2) is 0 Å². The third-order valence-corrected chi connectivity index (χ3v) is 7.36. The van der Waals surface area contributed by atoms with Gasteiger partial charge in [-0.1, -0.05) is 0 Å². The van der Waals surface area contributed by atoms with Crippen molar-refractivity contribution in [2.45, 2.75) is 0 Å². The number of hydrogen-bond acceptors (Lipinski definition) is 2. The molecule has 0 spiro atoms. The predicted octanol–water partition coefficient (Wildman–Crippen LogP) is 3.97. The molecule has 0 amide bonds. The molecular formula is C26H18N4Se. The summed E-state index contributed by atoms with van der Waals surface area (Å²) in [5, 5.41) is 0. The van der Waals surface area contributed by atoms with E-state index in [9.17, 15) is 0 Å². The molecule has 6 rings (SSSR count). The van der Waals surface area contributed by atoms with Crippen molar-refractivity contribution in [3.8, 4) is 22.8 Å². The molecule has 0 bridgehead atoms. The second kappa shape index (κ2) is 7.55. The zero-order valence-electron chi connectivity index (χ0n) is 16.6. The fourth-order valence-electron chi connectivity index (χ4n) is 3.84. The fraction of sp³-hybridized carbons (Fsp3) is 0. The van der Waals surface area contributed by atoms with E-state index in [1.165, 1.54) is 0 Å². The van der Waals surface area contributed by atoms with E-state index in [1.54, 1.807) is 0 Å². The molecule has 0 aliphatic rings. The summed E-state index contributed by atoms with van der Waals surface area (Å²) >= 11 is -0.0424. The first-order chi connectivity index (χ1) is 15.4. The molecule has 0 aliphatic carbocycles. The molecule has 0 fully saturated rings. The number of hydrogen-bond donors (Lipinski definition) is 0. The van der Waals surface area contributed by atoms with Gasteiger partial charge in [0.2, 0.25) is 0 Å². The summed E-state index contributed by atoms with van der Waals surface area (Å²) in [4.78, 5) is 10.2. The van der Waals surface area contributed by atoms with E-state index < -0.39 is 0 Å². The Balaban J connectivity index is 1.51. The van der Waals surface area contributed by atoms with Crippen molar-refractivity contribution in [2.75, 3.05) is 0 Å². The third kappa shape index (κ3) is 3.15. The summed E-state index contributed by atoms with van der Waals surface area (Å²) in [7, 11) is 0. The van der Waals surface area contributed by atoms with Crippen LogP contribution in [0.15, 0.2) is 109 Å². The van der Waals surface area contributed by atoms with Crippen LogP contribution in [0.3, 0.4) is 0 Å². The minimum absolute atomic E-state index is 0.0424. The Morgan fingerprint density at radius 2 is 0.903 bits per heavy atom. The Hall–Kier alpha value is -3.66. The van der Waals surface area contributed by atoms with Gasteiger partial charge in [-0.3, -0.25) is 0 Å². The van der Waals surface area contributed by atoms with Crippen LogP contribution in [0.1, 0.15) is 0 Å². The molecule has 4 aromatic heterocycles. The van der Waals surface area contributed by atoms with E-state index in [-0.39, 0.29) is 15.0 Å². The standard InChI is InChI=1S/C26H18N4Se/c1-3-11-19(12-4-1)23-27-25(21-15-7-9-17-29(21)23)31-26-22-16-8-10-18-30(22)24(28-26)20-13-5-2-6-14-20/h1-18H. The molecule has 0 radical (unpaired) electrons. The number of aromatic nitrogens is 4. The Labute approximate surface area is 186 Å². The van der Waals surface area contributed by atoms with Crippen LogP contribution in [-0.4, -0.2) is 33.7 Å². The summed E-state index contributed by atoms with van der Waals surface area (Å²) in [5.74, 6) is 1.94. The van der Waals surface area contributed by atoms with E-state index in [0.29, 0.717) is 0 Å². The number of benzene rings is 2. The molecule has 148 valence electrons. The predicted molar refractivity (Wildman–Crippen MR) is 126 cm³/mol. The minimum atomic E-state index is -0.0424. The van der Waals surface area contributed by atoms with Gasteiger partial charge in [0.05, 0.1) is 0 Å². The molecule has 2 aromatic carbocycles. The average molecular weight is 465 g/mol. The summed E-state index contributed by atoms with van der Waals surface area (Å²) in [6, 6.07) is 33.3. The second-order valence-electron chi connectivity index (χ2n) is 7.23. The van der Waals surface area contributed by atoms with Crippen LogP contribution in [0.5, 0.6) is 0 Å². The zero-order valence-corrected chi connectivity index (χ0v) is 18.3. The zero-order chi connectivity index (χ0) is 20.6. The molecule has 6 aromatic rings. The van der Waals surface area contributed by atoms with Crippen molar-refractivity contribution >= 4 is 35.2 Å². The van der Waals surface area contributed by atoms with Crippen molar-refractivity contribution in [1.82, 2.24) is 18.8 Å². The average Bonchev–Trinajstić information content (AvgIpc) is 3.40. The molecule has 31 heavy (non-hydrogen) atoms. The Kier molecular flexibility index (Phi) is 4.42. The van der Waals surface area contributed by atoms with Crippen LogP contribution >= 0.6 is 0 Å². The van der Waals surface area contributed by atoms with E-state index in [1.807, 2.05) is 12.1 Å². The fourth-order valence-corrected chi connectivity index (χ4v) is 5.92. The van der Waals surface area contributed by atoms with Gasteiger partial charge in [0.25, 0.3) is 0 Å². The van der Waals surface area contributed by atoms with Crippen molar-refractivity contribution in [1.29, 1.82) is 0 Å². The molecule has 0 saturated heterocycles. The van der Waals surface area contributed by atoms with Crippen molar-refractivity contribution < 1.29 is 0 Å². The first-order valence-corrected chi connectivity index (χ1v) is 11.8.